The first-order valence-electron chi connectivity index (χ1n) is 21.0. The van der Waals surface area contributed by atoms with Crippen LogP contribution in [0.3, 0.4) is 0 Å². The van der Waals surface area contributed by atoms with Crippen LogP contribution in [0.5, 0.6) is 0 Å². The Kier molecular flexibility index (Phi) is 38.6. The van der Waals surface area contributed by atoms with Gasteiger partial charge in [0.25, 0.3) is 0 Å². The molecule has 0 aliphatic carbocycles. The molecule has 1 unspecified atom stereocenters. The molecule has 286 valence electrons. The maximum absolute atomic E-state index is 11.4. The molecule has 4 N–H and O–H groups in total. The van der Waals surface area contributed by atoms with Gasteiger partial charge in [0.1, 0.15) is 0 Å². The summed E-state index contributed by atoms with van der Waals surface area (Å²) in [7, 11) is -4.68. The Morgan fingerprint density at radius 2 is 0.553 bits per heavy atom. The highest BCUT2D eigenvalue weighted by Gasteiger charge is 2.27. The molecule has 0 aliphatic heterocycles. The van der Waals surface area contributed by atoms with E-state index in [2.05, 4.69) is 13.8 Å². The van der Waals surface area contributed by atoms with Gasteiger partial charge in [-0.2, -0.15) is 0 Å². The number of quaternary nitrogens is 1. The van der Waals surface area contributed by atoms with Gasteiger partial charge >= 0.3 is 0 Å². The van der Waals surface area contributed by atoms with Crippen molar-refractivity contribution in [2.24, 2.45) is 0 Å². The fourth-order valence-electron chi connectivity index (χ4n) is 7.08. The summed E-state index contributed by atoms with van der Waals surface area (Å²) in [6.45, 7) is 6.40. The predicted molar refractivity (Wildman–Crippen MR) is 207 cm³/mol. The maximum atomic E-state index is 11.4. The number of unbranched alkanes of at least 4 members (excludes halogenated alkanes) is 33. The third-order valence-electron chi connectivity index (χ3n) is 10.2. The largest absolute Gasteiger partial charge is 0.726 e. The van der Waals surface area contributed by atoms with E-state index in [1.807, 2.05) is 6.92 Å². The highest BCUT2D eigenvalue weighted by atomic mass is 32.3. The van der Waals surface area contributed by atoms with Crippen molar-refractivity contribution in [3.05, 3.63) is 0 Å². The van der Waals surface area contributed by atoms with Crippen LogP contribution < -0.4 is 6.15 Å². The van der Waals surface area contributed by atoms with Crippen molar-refractivity contribution in [3.8, 4) is 0 Å². The molecule has 0 fully saturated rings. The van der Waals surface area contributed by atoms with Crippen molar-refractivity contribution in [2.75, 3.05) is 0 Å². The monoisotopic (exact) mass is 690 g/mol. The first-order valence-corrected chi connectivity index (χ1v) is 22.3. The Balaban J connectivity index is 0. The molecule has 0 bridgehead atoms. The highest BCUT2D eigenvalue weighted by molar-refractivity contribution is 7.80. The quantitative estimate of drug-likeness (QED) is 0.0394. The van der Waals surface area contributed by atoms with Crippen molar-refractivity contribution < 1.29 is 17.2 Å². The third-order valence-corrected chi connectivity index (χ3v) is 10.8. The molecule has 0 saturated carbocycles. The van der Waals surface area contributed by atoms with Gasteiger partial charge in [0, 0.05) is 0 Å². The van der Waals surface area contributed by atoms with Crippen molar-refractivity contribution in [2.45, 2.75) is 264 Å². The van der Waals surface area contributed by atoms with Crippen LogP contribution in [-0.4, -0.2) is 18.6 Å². The normalized spacial score (nSPS) is 13.1. The summed E-state index contributed by atoms with van der Waals surface area (Å²) in [5.74, 6) is 0. The number of hydrogen-bond acceptors (Lipinski definition) is 4. The summed E-state index contributed by atoms with van der Waals surface area (Å²) in [4.78, 5) is 0. The number of rotatable bonds is 39. The molecule has 0 aliphatic rings. The lowest BCUT2D eigenvalue weighted by Crippen LogP contribution is -2.31. The van der Waals surface area contributed by atoms with E-state index in [9.17, 15) is 13.0 Å². The standard InChI is InChI=1S/C41H84O4S.H3N/c1-4-6-8-10-12-14-16-18-20-21-22-23-24-26-28-30-32-34-36-38-40-41(3,45-46(42,43)44)39-37-35-33-31-29-27-25-19-17-15-13-11-9-7-5-2;/h4-40H2,1-3H3,(H,42,43,44);1H3. The molecular weight excluding hydrogens is 603 g/mol. The average molecular weight is 690 g/mol. The Labute approximate surface area is 296 Å². The summed E-state index contributed by atoms with van der Waals surface area (Å²) in [5, 5.41) is 0. The zero-order valence-electron chi connectivity index (χ0n) is 32.7. The van der Waals surface area contributed by atoms with Crippen molar-refractivity contribution in [1.29, 1.82) is 0 Å². The van der Waals surface area contributed by atoms with E-state index in [1.165, 1.54) is 199 Å². The smallest absolute Gasteiger partial charge is 0.218 e. The molecule has 47 heavy (non-hydrogen) atoms. The maximum Gasteiger partial charge on any atom is 0.218 e. The molecule has 0 saturated heterocycles. The Morgan fingerprint density at radius 1 is 0.383 bits per heavy atom. The summed E-state index contributed by atoms with van der Waals surface area (Å²) >= 11 is 0. The zero-order chi connectivity index (χ0) is 33.9. The van der Waals surface area contributed by atoms with Gasteiger partial charge in [0.2, 0.25) is 10.4 Å². The van der Waals surface area contributed by atoms with Crippen LogP contribution >= 0.6 is 0 Å². The van der Waals surface area contributed by atoms with Crippen LogP contribution in [0.4, 0.5) is 0 Å². The summed E-state index contributed by atoms with van der Waals surface area (Å²) in [6.07, 6.45) is 47.9. The molecule has 0 rings (SSSR count). The van der Waals surface area contributed by atoms with Gasteiger partial charge < -0.3 is 10.7 Å². The minimum atomic E-state index is -4.68. The molecule has 6 heteroatoms. The van der Waals surface area contributed by atoms with Crippen molar-refractivity contribution in [3.63, 3.8) is 0 Å². The topological polar surface area (TPSA) is 103 Å². The van der Waals surface area contributed by atoms with E-state index >= 15 is 0 Å². The average Bonchev–Trinajstić information content (AvgIpc) is 3.01. The lowest BCUT2D eigenvalue weighted by atomic mass is 9.91. The second-order valence-corrected chi connectivity index (χ2v) is 16.1. The molecule has 0 radical (unpaired) electrons. The molecule has 0 aromatic heterocycles. The Morgan fingerprint density at radius 3 is 0.723 bits per heavy atom. The van der Waals surface area contributed by atoms with Gasteiger partial charge in [0.15, 0.2) is 0 Å². The lowest BCUT2D eigenvalue weighted by molar-refractivity contribution is 0.0559. The van der Waals surface area contributed by atoms with E-state index < -0.39 is 16.0 Å². The molecular formula is C41H87NO4S. The SMILES string of the molecule is CCCCCCCCCCCCCCCCCCCCCCC(C)(CCCCCCCCCCCCCCCCC)OS(=O)(=O)[O-].[NH4+]. The molecule has 1 atom stereocenters. The van der Waals surface area contributed by atoms with Gasteiger partial charge in [0.05, 0.1) is 5.60 Å². The Hall–Kier alpha value is -0.170. The van der Waals surface area contributed by atoms with Crippen LogP contribution in [0.1, 0.15) is 258 Å². The van der Waals surface area contributed by atoms with Crippen molar-refractivity contribution >= 4 is 10.4 Å². The van der Waals surface area contributed by atoms with E-state index in [0.717, 1.165) is 25.7 Å². The molecule has 0 amide bonds. The van der Waals surface area contributed by atoms with Gasteiger partial charge in [-0.25, -0.2) is 8.42 Å². The van der Waals surface area contributed by atoms with E-state index in [0.29, 0.717) is 12.8 Å². The summed E-state index contributed by atoms with van der Waals surface area (Å²) in [6, 6.07) is 0. The lowest BCUT2D eigenvalue weighted by Gasteiger charge is -2.30. The van der Waals surface area contributed by atoms with E-state index in [-0.39, 0.29) is 6.15 Å². The fraction of sp³-hybridized carbons (Fsp3) is 1.00. The fourth-order valence-corrected chi connectivity index (χ4v) is 7.74. The summed E-state index contributed by atoms with van der Waals surface area (Å²) < 4.78 is 39.4. The predicted octanol–water partition coefficient (Wildman–Crippen LogP) is 15.1. The molecule has 0 aromatic carbocycles. The Bertz CT molecular complexity index is 702. The number of hydrogen-bond donors (Lipinski definition) is 1. The molecule has 5 nitrogen and oxygen atoms in total. The molecule has 0 spiro atoms. The van der Waals surface area contributed by atoms with Gasteiger partial charge in [-0.05, 0) is 19.8 Å². The van der Waals surface area contributed by atoms with Crippen LogP contribution in [0.2, 0.25) is 0 Å². The second-order valence-electron chi connectivity index (χ2n) is 15.1. The van der Waals surface area contributed by atoms with E-state index in [4.69, 9.17) is 4.18 Å². The highest BCUT2D eigenvalue weighted by Crippen LogP contribution is 2.28. The molecule has 0 heterocycles. The van der Waals surface area contributed by atoms with Gasteiger partial charge in [-0.1, -0.05) is 239 Å². The van der Waals surface area contributed by atoms with Crippen LogP contribution in [0, 0.1) is 0 Å². The minimum Gasteiger partial charge on any atom is -0.726 e. The van der Waals surface area contributed by atoms with Crippen LogP contribution in [-0.2, 0) is 14.6 Å². The zero-order valence-corrected chi connectivity index (χ0v) is 33.5. The van der Waals surface area contributed by atoms with E-state index in [1.54, 1.807) is 0 Å². The van der Waals surface area contributed by atoms with Gasteiger partial charge in [-0.15, -0.1) is 0 Å². The summed E-state index contributed by atoms with van der Waals surface area (Å²) in [5.41, 5.74) is -0.842. The van der Waals surface area contributed by atoms with Gasteiger partial charge in [-0.3, -0.25) is 4.18 Å². The van der Waals surface area contributed by atoms with Crippen LogP contribution in [0.15, 0.2) is 0 Å². The van der Waals surface area contributed by atoms with Crippen molar-refractivity contribution in [1.82, 2.24) is 6.15 Å². The van der Waals surface area contributed by atoms with Crippen LogP contribution in [0.25, 0.3) is 0 Å². The second kappa shape index (κ2) is 37.1. The molecule has 0 aromatic rings. The first-order chi connectivity index (χ1) is 22.3. The third kappa shape index (κ3) is 40.1. The first kappa shape index (κ1) is 48.9. The minimum absolute atomic E-state index is 0.